The first-order valence-corrected chi connectivity index (χ1v) is 5.98. The second-order valence-corrected chi connectivity index (χ2v) is 4.47. The molecular weight excluding hydrogens is 284 g/mol. The second kappa shape index (κ2) is 5.61. The molecule has 1 aromatic heterocycles. The fourth-order valence-corrected chi connectivity index (χ4v) is 2.00. The van der Waals surface area contributed by atoms with Gasteiger partial charge in [0.2, 0.25) is 11.8 Å². The van der Waals surface area contributed by atoms with Crippen molar-refractivity contribution in [3.05, 3.63) is 32.6 Å². The van der Waals surface area contributed by atoms with E-state index in [4.69, 9.17) is 5.11 Å². The zero-order valence-corrected chi connectivity index (χ0v) is 10.7. The van der Waals surface area contributed by atoms with Crippen LogP contribution in [0.25, 0.3) is 0 Å². The second-order valence-electron chi connectivity index (χ2n) is 4.47. The third-order valence-electron chi connectivity index (χ3n) is 2.95. The number of nitrogens with one attached hydrogen (secondary N) is 3. The van der Waals surface area contributed by atoms with Crippen LogP contribution in [-0.2, 0) is 20.8 Å². The van der Waals surface area contributed by atoms with Gasteiger partial charge in [-0.15, -0.1) is 0 Å². The van der Waals surface area contributed by atoms with Crippen LogP contribution in [-0.4, -0.2) is 56.9 Å². The van der Waals surface area contributed by atoms with Crippen molar-refractivity contribution in [2.45, 2.75) is 12.5 Å². The molecule has 10 heteroatoms. The van der Waals surface area contributed by atoms with Gasteiger partial charge in [0, 0.05) is 18.3 Å². The van der Waals surface area contributed by atoms with Gasteiger partial charge in [-0.1, -0.05) is 0 Å². The molecule has 2 heterocycles. The van der Waals surface area contributed by atoms with E-state index in [0.717, 1.165) is 11.0 Å². The smallest absolute Gasteiger partial charge is 0.328 e. The average molecular weight is 296 g/mol. The number of carbonyl (C=O) groups excluding carboxylic acids is 2. The van der Waals surface area contributed by atoms with E-state index in [-0.39, 0.29) is 25.2 Å². The van der Waals surface area contributed by atoms with Crippen LogP contribution in [0.4, 0.5) is 0 Å². The zero-order valence-electron chi connectivity index (χ0n) is 10.7. The lowest BCUT2D eigenvalue weighted by molar-refractivity contribution is -0.153. The number of rotatable bonds is 3. The number of carboxylic acids is 1. The molecule has 2 rings (SSSR count). The molecule has 0 aromatic carbocycles. The molecule has 0 spiro atoms. The number of piperazine rings is 1. The number of aromatic amines is 2. The summed E-state index contributed by atoms with van der Waals surface area (Å²) < 4.78 is 0. The van der Waals surface area contributed by atoms with Crippen LogP contribution < -0.4 is 16.6 Å². The summed E-state index contributed by atoms with van der Waals surface area (Å²) in [5, 5.41) is 11.4. The molecule has 1 aliphatic rings. The lowest BCUT2D eigenvalue weighted by Gasteiger charge is -2.32. The van der Waals surface area contributed by atoms with Crippen LogP contribution in [0.3, 0.4) is 0 Å². The monoisotopic (exact) mass is 296 g/mol. The normalized spacial score (nSPS) is 18.2. The molecule has 21 heavy (non-hydrogen) atoms. The summed E-state index contributed by atoms with van der Waals surface area (Å²) in [5.74, 6) is -2.39. The fourth-order valence-electron chi connectivity index (χ4n) is 2.00. The standard InChI is InChI=1S/C11H12N4O6/c16-7-1-5(13-11(21)14-7)2-9(18)15-4-8(17)12-3-6(15)10(19)20/h1,6H,2-4H2,(H,12,17)(H,19,20)(H2,13,14,16,21). The van der Waals surface area contributed by atoms with Gasteiger partial charge in [-0.25, -0.2) is 9.59 Å². The van der Waals surface area contributed by atoms with E-state index in [1.54, 1.807) is 0 Å². The molecule has 4 N–H and O–H groups in total. The minimum absolute atomic E-state index is 0.0453. The van der Waals surface area contributed by atoms with Gasteiger partial charge < -0.3 is 20.3 Å². The van der Waals surface area contributed by atoms with E-state index in [9.17, 15) is 24.0 Å². The van der Waals surface area contributed by atoms with Gasteiger partial charge in [-0.05, 0) is 0 Å². The van der Waals surface area contributed by atoms with Crippen molar-refractivity contribution in [2.75, 3.05) is 13.1 Å². The van der Waals surface area contributed by atoms with Crippen LogP contribution in [0, 0.1) is 0 Å². The van der Waals surface area contributed by atoms with Crippen molar-refractivity contribution in [3.8, 4) is 0 Å². The highest BCUT2D eigenvalue weighted by atomic mass is 16.4. The van der Waals surface area contributed by atoms with Gasteiger partial charge in [0.15, 0.2) is 0 Å². The first-order chi connectivity index (χ1) is 9.86. The first kappa shape index (κ1) is 14.5. The van der Waals surface area contributed by atoms with Gasteiger partial charge in [-0.3, -0.25) is 19.4 Å². The molecule has 0 aliphatic carbocycles. The maximum Gasteiger partial charge on any atom is 0.328 e. The van der Waals surface area contributed by atoms with E-state index in [1.807, 2.05) is 4.98 Å². The van der Waals surface area contributed by atoms with Crippen LogP contribution in [0.5, 0.6) is 0 Å². The Kier molecular flexibility index (Phi) is 3.87. The van der Waals surface area contributed by atoms with Crippen molar-refractivity contribution in [2.24, 2.45) is 0 Å². The van der Waals surface area contributed by atoms with Crippen molar-refractivity contribution in [1.29, 1.82) is 0 Å². The molecule has 1 saturated heterocycles. The van der Waals surface area contributed by atoms with Gasteiger partial charge in [-0.2, -0.15) is 0 Å². The number of aromatic nitrogens is 2. The number of carboxylic acid groups (broad SMARTS) is 1. The number of nitrogens with zero attached hydrogens (tertiary/aromatic N) is 1. The molecule has 0 radical (unpaired) electrons. The quantitative estimate of drug-likeness (QED) is 0.467. The molecule has 0 saturated carbocycles. The number of H-pyrrole nitrogens is 2. The van der Waals surface area contributed by atoms with E-state index in [0.29, 0.717) is 0 Å². The Hall–Kier alpha value is -2.91. The summed E-state index contributed by atoms with van der Waals surface area (Å²) >= 11 is 0. The zero-order chi connectivity index (χ0) is 15.6. The highest BCUT2D eigenvalue weighted by molar-refractivity contribution is 5.91. The largest absolute Gasteiger partial charge is 0.480 e. The molecule has 2 amide bonds. The number of aliphatic carboxylic acids is 1. The summed E-state index contributed by atoms with van der Waals surface area (Å²) in [4.78, 5) is 61.8. The highest BCUT2D eigenvalue weighted by Gasteiger charge is 2.35. The Morgan fingerprint density at radius 3 is 2.62 bits per heavy atom. The van der Waals surface area contributed by atoms with Gasteiger partial charge in [0.1, 0.15) is 12.6 Å². The van der Waals surface area contributed by atoms with Crippen LogP contribution in [0.2, 0.25) is 0 Å². The highest BCUT2D eigenvalue weighted by Crippen LogP contribution is 2.07. The predicted molar refractivity (Wildman–Crippen MR) is 67.5 cm³/mol. The molecule has 1 fully saturated rings. The summed E-state index contributed by atoms with van der Waals surface area (Å²) in [6, 6.07) is -0.150. The van der Waals surface area contributed by atoms with Crippen LogP contribution in [0.1, 0.15) is 5.69 Å². The molecular formula is C11H12N4O6. The maximum absolute atomic E-state index is 12.1. The summed E-state index contributed by atoms with van der Waals surface area (Å²) in [6.45, 7) is -0.574. The topological polar surface area (TPSA) is 152 Å². The van der Waals surface area contributed by atoms with Crippen molar-refractivity contribution in [3.63, 3.8) is 0 Å². The molecule has 0 bridgehead atoms. The lowest BCUT2D eigenvalue weighted by atomic mass is 10.1. The number of hydrogen-bond acceptors (Lipinski definition) is 5. The van der Waals surface area contributed by atoms with Gasteiger partial charge in [0.25, 0.3) is 5.56 Å². The molecule has 1 atom stereocenters. The van der Waals surface area contributed by atoms with E-state index >= 15 is 0 Å². The maximum atomic E-state index is 12.1. The Labute approximate surface area is 116 Å². The number of hydrogen-bond donors (Lipinski definition) is 4. The summed E-state index contributed by atoms with van der Waals surface area (Å²) in [6.07, 6.45) is -0.379. The van der Waals surface area contributed by atoms with E-state index in [2.05, 4.69) is 10.3 Å². The third kappa shape index (κ3) is 3.35. The molecule has 10 nitrogen and oxygen atoms in total. The minimum atomic E-state index is -1.25. The van der Waals surface area contributed by atoms with Crippen molar-refractivity contribution < 1.29 is 19.5 Å². The van der Waals surface area contributed by atoms with Crippen LogP contribution >= 0.6 is 0 Å². The van der Waals surface area contributed by atoms with Crippen LogP contribution in [0.15, 0.2) is 15.7 Å². The molecule has 1 aliphatic heterocycles. The molecule has 112 valence electrons. The fraction of sp³-hybridized carbons (Fsp3) is 0.364. The lowest BCUT2D eigenvalue weighted by Crippen LogP contribution is -2.59. The Morgan fingerprint density at radius 2 is 2.00 bits per heavy atom. The Bertz CT molecular complexity index is 677. The average Bonchev–Trinajstić information content (AvgIpc) is 2.36. The summed E-state index contributed by atoms with van der Waals surface area (Å²) in [7, 11) is 0. The number of carbonyl (C=O) groups is 3. The molecule has 1 unspecified atom stereocenters. The SMILES string of the molecule is O=C1CN(C(=O)Cc2cc(=O)[nH]c(=O)[nH]2)C(C(=O)O)CN1. The Morgan fingerprint density at radius 1 is 1.29 bits per heavy atom. The summed E-state index contributed by atoms with van der Waals surface area (Å²) in [5.41, 5.74) is -1.40. The third-order valence-corrected chi connectivity index (χ3v) is 2.95. The first-order valence-electron chi connectivity index (χ1n) is 5.98. The van der Waals surface area contributed by atoms with Crippen molar-refractivity contribution >= 4 is 17.8 Å². The minimum Gasteiger partial charge on any atom is -0.480 e. The number of amides is 2. The molecule has 1 aromatic rings. The van der Waals surface area contributed by atoms with E-state index < -0.39 is 35.1 Å². The Balaban J connectivity index is 2.20. The van der Waals surface area contributed by atoms with Gasteiger partial charge in [0.05, 0.1) is 6.42 Å². The van der Waals surface area contributed by atoms with Gasteiger partial charge >= 0.3 is 11.7 Å². The van der Waals surface area contributed by atoms with E-state index in [1.165, 1.54) is 0 Å². The predicted octanol–water partition coefficient (Wildman–Crippen LogP) is -2.98. The van der Waals surface area contributed by atoms with Crippen molar-refractivity contribution in [1.82, 2.24) is 20.2 Å².